The molecule has 0 spiro atoms. The third-order valence-electron chi connectivity index (χ3n) is 2.33. The second-order valence-corrected chi connectivity index (χ2v) is 4.57. The lowest BCUT2D eigenvalue weighted by Crippen LogP contribution is -2.27. The van der Waals surface area contributed by atoms with Gasteiger partial charge >= 0.3 is 0 Å². The van der Waals surface area contributed by atoms with Crippen LogP contribution in [0, 0.1) is 0 Å². The zero-order valence-electron chi connectivity index (χ0n) is 9.75. The number of carbonyl (C=O) groups is 1. The molecular formula is C11H13N5OS. The van der Waals surface area contributed by atoms with Crippen molar-refractivity contribution in [1.82, 2.24) is 15.3 Å². The fourth-order valence-electron chi connectivity index (χ4n) is 1.43. The van der Waals surface area contributed by atoms with Crippen molar-refractivity contribution in [2.45, 2.75) is 13.0 Å². The molecule has 2 heterocycles. The first-order valence-corrected chi connectivity index (χ1v) is 6.21. The van der Waals surface area contributed by atoms with E-state index in [0.717, 1.165) is 5.01 Å². The summed E-state index contributed by atoms with van der Waals surface area (Å²) in [5.74, 6) is 5.02. The Hall–Kier alpha value is -1.99. The van der Waals surface area contributed by atoms with Gasteiger partial charge in [-0.05, 0) is 19.1 Å². The van der Waals surface area contributed by atoms with E-state index in [2.05, 4.69) is 20.7 Å². The molecule has 0 aromatic carbocycles. The van der Waals surface area contributed by atoms with Crippen LogP contribution >= 0.6 is 11.3 Å². The van der Waals surface area contributed by atoms with E-state index in [0.29, 0.717) is 11.4 Å². The van der Waals surface area contributed by atoms with Gasteiger partial charge in [0.1, 0.15) is 10.7 Å². The Kier molecular flexibility index (Phi) is 3.85. The number of amides is 1. The van der Waals surface area contributed by atoms with Crippen LogP contribution < -0.4 is 16.6 Å². The highest BCUT2D eigenvalue weighted by Gasteiger charge is 2.14. The number of hydrazine groups is 1. The van der Waals surface area contributed by atoms with Gasteiger partial charge in [-0.3, -0.25) is 15.6 Å². The smallest absolute Gasteiger partial charge is 0.270 e. The molecule has 0 fully saturated rings. The van der Waals surface area contributed by atoms with Crippen LogP contribution in [0.25, 0.3) is 0 Å². The van der Waals surface area contributed by atoms with Crippen molar-refractivity contribution < 1.29 is 4.79 Å². The Morgan fingerprint density at radius 3 is 2.94 bits per heavy atom. The maximum atomic E-state index is 12.0. The lowest BCUT2D eigenvalue weighted by Gasteiger charge is -2.11. The molecule has 2 aromatic heterocycles. The van der Waals surface area contributed by atoms with Gasteiger partial charge in [0, 0.05) is 17.8 Å². The third kappa shape index (κ3) is 2.82. The van der Waals surface area contributed by atoms with Gasteiger partial charge in [0.25, 0.3) is 5.91 Å². The summed E-state index contributed by atoms with van der Waals surface area (Å²) in [4.78, 5) is 20.1. The zero-order chi connectivity index (χ0) is 13.0. The average molecular weight is 263 g/mol. The minimum atomic E-state index is -0.255. The van der Waals surface area contributed by atoms with E-state index >= 15 is 0 Å². The predicted octanol–water partition coefficient (Wildman–Crippen LogP) is 1.31. The van der Waals surface area contributed by atoms with Gasteiger partial charge in [-0.2, -0.15) is 0 Å². The summed E-state index contributed by atoms with van der Waals surface area (Å²) in [7, 11) is 0. The van der Waals surface area contributed by atoms with Crippen LogP contribution in [-0.4, -0.2) is 15.9 Å². The molecule has 0 radical (unpaired) electrons. The molecule has 6 nitrogen and oxygen atoms in total. The van der Waals surface area contributed by atoms with Gasteiger partial charge in [-0.1, -0.05) is 0 Å². The van der Waals surface area contributed by atoms with Crippen LogP contribution in [0.15, 0.2) is 29.9 Å². The summed E-state index contributed by atoms with van der Waals surface area (Å²) in [5, 5.41) is 5.56. The zero-order valence-corrected chi connectivity index (χ0v) is 10.6. The van der Waals surface area contributed by atoms with Crippen molar-refractivity contribution in [3.63, 3.8) is 0 Å². The number of hydrogen-bond donors (Lipinski definition) is 3. The predicted molar refractivity (Wildman–Crippen MR) is 70.0 cm³/mol. The Labute approximate surface area is 108 Å². The Morgan fingerprint density at radius 2 is 2.28 bits per heavy atom. The van der Waals surface area contributed by atoms with E-state index in [4.69, 9.17) is 5.84 Å². The molecule has 0 bridgehead atoms. The maximum absolute atomic E-state index is 12.0. The standard InChI is InChI=1S/C11H13N5OS/c1-7(11-14-4-5-18-11)15-10(17)9-6-8(16-12)2-3-13-9/h2-7H,12H2,1H3,(H,13,16)(H,15,17). The van der Waals surface area contributed by atoms with Crippen LogP contribution in [0.2, 0.25) is 0 Å². The molecule has 0 saturated carbocycles. The van der Waals surface area contributed by atoms with Crippen LogP contribution in [-0.2, 0) is 0 Å². The number of thiazole rings is 1. The van der Waals surface area contributed by atoms with Crippen LogP contribution in [0.1, 0.15) is 28.5 Å². The van der Waals surface area contributed by atoms with Crippen molar-refractivity contribution in [1.29, 1.82) is 0 Å². The number of pyridine rings is 1. The number of carbonyl (C=O) groups excluding carboxylic acids is 1. The highest BCUT2D eigenvalue weighted by Crippen LogP contribution is 2.15. The Morgan fingerprint density at radius 1 is 1.44 bits per heavy atom. The number of nitrogens with zero attached hydrogens (tertiary/aromatic N) is 2. The van der Waals surface area contributed by atoms with Gasteiger partial charge in [0.2, 0.25) is 0 Å². The number of nitrogens with one attached hydrogen (secondary N) is 2. The van der Waals surface area contributed by atoms with Crippen molar-refractivity contribution >= 4 is 22.9 Å². The molecule has 18 heavy (non-hydrogen) atoms. The summed E-state index contributed by atoms with van der Waals surface area (Å²) < 4.78 is 0. The molecule has 2 rings (SSSR count). The highest BCUT2D eigenvalue weighted by molar-refractivity contribution is 7.09. The van der Waals surface area contributed by atoms with Crippen LogP contribution in [0.4, 0.5) is 5.69 Å². The van der Waals surface area contributed by atoms with Crippen LogP contribution in [0.5, 0.6) is 0 Å². The first kappa shape index (κ1) is 12.5. The molecule has 0 saturated heterocycles. The van der Waals surface area contributed by atoms with Gasteiger partial charge < -0.3 is 10.7 Å². The van der Waals surface area contributed by atoms with Gasteiger partial charge in [-0.15, -0.1) is 11.3 Å². The second-order valence-electron chi connectivity index (χ2n) is 3.64. The lowest BCUT2D eigenvalue weighted by atomic mass is 10.2. The third-order valence-corrected chi connectivity index (χ3v) is 3.29. The summed E-state index contributed by atoms with van der Waals surface area (Å²) in [6, 6.07) is 3.12. The lowest BCUT2D eigenvalue weighted by molar-refractivity contribution is 0.0935. The molecule has 0 aliphatic rings. The normalized spacial score (nSPS) is 11.9. The fraction of sp³-hybridized carbons (Fsp3) is 0.182. The topological polar surface area (TPSA) is 92.9 Å². The summed E-state index contributed by atoms with van der Waals surface area (Å²) in [6.07, 6.45) is 3.23. The summed E-state index contributed by atoms with van der Waals surface area (Å²) >= 11 is 1.50. The van der Waals surface area contributed by atoms with E-state index in [9.17, 15) is 4.79 Å². The molecule has 2 aromatic rings. The van der Waals surface area contributed by atoms with E-state index in [1.54, 1.807) is 18.3 Å². The number of nitrogens with two attached hydrogens (primary N) is 1. The summed E-state index contributed by atoms with van der Waals surface area (Å²) in [6.45, 7) is 1.88. The van der Waals surface area contributed by atoms with Gasteiger partial charge in [0.15, 0.2) is 0 Å². The molecule has 1 unspecified atom stereocenters. The molecular weight excluding hydrogens is 250 g/mol. The first-order valence-electron chi connectivity index (χ1n) is 5.33. The molecule has 94 valence electrons. The SMILES string of the molecule is CC(NC(=O)c1cc(NN)ccn1)c1nccs1. The highest BCUT2D eigenvalue weighted by atomic mass is 32.1. The van der Waals surface area contributed by atoms with Gasteiger partial charge in [-0.25, -0.2) is 4.98 Å². The van der Waals surface area contributed by atoms with Crippen molar-refractivity contribution in [3.05, 3.63) is 40.6 Å². The largest absolute Gasteiger partial charge is 0.342 e. The monoisotopic (exact) mass is 263 g/mol. The first-order chi connectivity index (χ1) is 8.70. The Balaban J connectivity index is 2.07. The second kappa shape index (κ2) is 5.56. The summed E-state index contributed by atoms with van der Waals surface area (Å²) in [5.41, 5.74) is 3.42. The van der Waals surface area contributed by atoms with Crippen molar-refractivity contribution in [3.8, 4) is 0 Å². The molecule has 7 heteroatoms. The van der Waals surface area contributed by atoms with Crippen molar-refractivity contribution in [2.75, 3.05) is 5.43 Å². The van der Waals surface area contributed by atoms with Crippen LogP contribution in [0.3, 0.4) is 0 Å². The maximum Gasteiger partial charge on any atom is 0.270 e. The molecule has 1 amide bonds. The van der Waals surface area contributed by atoms with Crippen molar-refractivity contribution in [2.24, 2.45) is 5.84 Å². The molecule has 1 atom stereocenters. The van der Waals surface area contributed by atoms with E-state index < -0.39 is 0 Å². The minimum absolute atomic E-state index is 0.145. The number of anilines is 1. The van der Waals surface area contributed by atoms with Gasteiger partial charge in [0.05, 0.1) is 11.7 Å². The quantitative estimate of drug-likeness (QED) is 0.571. The van der Waals surface area contributed by atoms with E-state index in [1.165, 1.54) is 17.5 Å². The minimum Gasteiger partial charge on any atom is -0.342 e. The van der Waals surface area contributed by atoms with E-state index in [1.807, 2.05) is 12.3 Å². The van der Waals surface area contributed by atoms with E-state index in [-0.39, 0.29) is 11.9 Å². The number of aromatic nitrogens is 2. The molecule has 0 aliphatic heterocycles. The Bertz CT molecular complexity index is 528. The number of hydrogen-bond acceptors (Lipinski definition) is 6. The molecule has 4 N–H and O–H groups in total. The average Bonchev–Trinajstić information content (AvgIpc) is 2.92. The molecule has 0 aliphatic carbocycles. The number of rotatable bonds is 4. The fourth-order valence-corrected chi connectivity index (χ4v) is 2.07. The number of nitrogen functional groups attached to an aromatic ring is 1.